The van der Waals surface area contributed by atoms with Crippen LogP contribution in [0.15, 0.2) is 47.4 Å². The van der Waals surface area contributed by atoms with Crippen molar-refractivity contribution < 1.29 is 22.3 Å². The second-order valence-electron chi connectivity index (χ2n) is 6.34. The molecule has 6 nitrogen and oxygen atoms in total. The van der Waals surface area contributed by atoms with Crippen LogP contribution in [-0.4, -0.2) is 52.0 Å². The molecule has 2 aromatic rings. The number of hydrogen-bond donors (Lipinski definition) is 0. The molecule has 8 heteroatoms. The number of carbonyl (C=O) groups is 1. The number of nitrogens with zero attached hydrogens (tertiary/aromatic N) is 2. The molecular weight excluding hydrogens is 371 g/mol. The number of aryl methyl sites for hydroxylation is 1. The zero-order chi connectivity index (χ0) is 19.6. The van der Waals surface area contributed by atoms with E-state index in [1.165, 1.54) is 29.6 Å². The van der Waals surface area contributed by atoms with Crippen LogP contribution < -0.4 is 4.90 Å². The van der Waals surface area contributed by atoms with E-state index in [9.17, 15) is 17.6 Å². The van der Waals surface area contributed by atoms with Crippen molar-refractivity contribution in [2.24, 2.45) is 0 Å². The van der Waals surface area contributed by atoms with Crippen LogP contribution in [-0.2, 0) is 14.8 Å². The molecule has 1 aliphatic rings. The predicted molar refractivity (Wildman–Crippen MR) is 99.9 cm³/mol. The molecule has 0 spiro atoms. The van der Waals surface area contributed by atoms with E-state index in [1.54, 1.807) is 19.1 Å². The Kier molecular flexibility index (Phi) is 5.48. The summed E-state index contributed by atoms with van der Waals surface area (Å²) in [4.78, 5) is 13.7. The second kappa shape index (κ2) is 7.66. The van der Waals surface area contributed by atoms with Gasteiger partial charge in [-0.15, -0.1) is 0 Å². The Labute approximate surface area is 158 Å². The van der Waals surface area contributed by atoms with E-state index in [0.717, 1.165) is 5.69 Å². The number of halogens is 1. The number of rotatable bonds is 4. The quantitative estimate of drug-likeness (QED) is 0.748. The average Bonchev–Trinajstić information content (AvgIpc) is 2.69. The molecule has 144 valence electrons. The molecule has 1 fully saturated rings. The highest BCUT2D eigenvalue weighted by Gasteiger charge is 2.29. The number of hydrogen-bond acceptors (Lipinski definition) is 5. The van der Waals surface area contributed by atoms with Crippen molar-refractivity contribution >= 4 is 21.7 Å². The summed E-state index contributed by atoms with van der Waals surface area (Å²) >= 11 is 0. The van der Waals surface area contributed by atoms with Crippen LogP contribution in [0.5, 0.6) is 0 Å². The summed E-state index contributed by atoms with van der Waals surface area (Å²) in [5, 5.41) is 0. The molecule has 1 heterocycles. The number of sulfonamides is 1. The van der Waals surface area contributed by atoms with Gasteiger partial charge >= 0.3 is 5.97 Å². The SMILES string of the molecule is COC(=O)c1ccc(N2CCN(S(=O)(=O)c3ccc(F)c(C)c3)CC2)cc1. The fourth-order valence-electron chi connectivity index (χ4n) is 3.04. The van der Waals surface area contributed by atoms with Crippen LogP contribution in [0.4, 0.5) is 10.1 Å². The van der Waals surface area contributed by atoms with Crippen LogP contribution in [0.2, 0.25) is 0 Å². The van der Waals surface area contributed by atoms with Crippen molar-refractivity contribution in [3.05, 3.63) is 59.4 Å². The maximum Gasteiger partial charge on any atom is 0.337 e. The van der Waals surface area contributed by atoms with Gasteiger partial charge in [-0.1, -0.05) is 0 Å². The number of carbonyl (C=O) groups excluding carboxylic acids is 1. The third kappa shape index (κ3) is 3.96. The van der Waals surface area contributed by atoms with Crippen molar-refractivity contribution in [3.8, 4) is 0 Å². The summed E-state index contributed by atoms with van der Waals surface area (Å²) < 4.78 is 45.1. The van der Waals surface area contributed by atoms with Gasteiger partial charge in [0.25, 0.3) is 0 Å². The first-order valence-corrected chi connectivity index (χ1v) is 9.96. The first-order chi connectivity index (χ1) is 12.8. The minimum absolute atomic E-state index is 0.109. The van der Waals surface area contributed by atoms with E-state index in [-0.39, 0.29) is 4.90 Å². The van der Waals surface area contributed by atoms with Gasteiger partial charge in [0.1, 0.15) is 5.82 Å². The predicted octanol–water partition coefficient (Wildman–Crippen LogP) is 2.43. The van der Waals surface area contributed by atoms with Crippen molar-refractivity contribution in [2.75, 3.05) is 38.2 Å². The lowest BCUT2D eigenvalue weighted by molar-refractivity contribution is 0.0600. The van der Waals surface area contributed by atoms with Gasteiger partial charge < -0.3 is 9.64 Å². The molecule has 0 aliphatic carbocycles. The molecule has 2 aromatic carbocycles. The normalized spacial score (nSPS) is 15.6. The lowest BCUT2D eigenvalue weighted by atomic mass is 10.2. The van der Waals surface area contributed by atoms with Crippen LogP contribution >= 0.6 is 0 Å². The first-order valence-electron chi connectivity index (χ1n) is 8.52. The maximum absolute atomic E-state index is 13.4. The topological polar surface area (TPSA) is 66.9 Å². The smallest absolute Gasteiger partial charge is 0.337 e. The number of anilines is 1. The van der Waals surface area contributed by atoms with E-state index < -0.39 is 21.8 Å². The van der Waals surface area contributed by atoms with E-state index >= 15 is 0 Å². The molecule has 0 amide bonds. The van der Waals surface area contributed by atoms with Gasteiger partial charge in [0.2, 0.25) is 10.0 Å². The van der Waals surface area contributed by atoms with E-state index in [0.29, 0.717) is 37.3 Å². The number of esters is 1. The molecule has 0 saturated carbocycles. The minimum atomic E-state index is -3.65. The van der Waals surface area contributed by atoms with Crippen LogP contribution in [0, 0.1) is 12.7 Å². The lowest BCUT2D eigenvalue weighted by Gasteiger charge is -2.35. The summed E-state index contributed by atoms with van der Waals surface area (Å²) in [6, 6.07) is 10.9. The number of benzene rings is 2. The van der Waals surface area contributed by atoms with Crippen LogP contribution in [0.1, 0.15) is 15.9 Å². The Hall–Kier alpha value is -2.45. The van der Waals surface area contributed by atoms with E-state index in [1.807, 2.05) is 12.1 Å². The first kappa shape index (κ1) is 19.3. The molecule has 0 unspecified atom stereocenters. The van der Waals surface area contributed by atoms with Gasteiger partial charge in [-0.2, -0.15) is 4.31 Å². The molecule has 0 aromatic heterocycles. The summed E-state index contributed by atoms with van der Waals surface area (Å²) in [6.45, 7) is 3.26. The molecule has 3 rings (SSSR count). The lowest BCUT2D eigenvalue weighted by Crippen LogP contribution is -2.48. The Morgan fingerprint density at radius 1 is 1.04 bits per heavy atom. The van der Waals surface area contributed by atoms with Crippen molar-refractivity contribution in [1.82, 2.24) is 4.31 Å². The fourth-order valence-corrected chi connectivity index (χ4v) is 4.55. The maximum atomic E-state index is 13.4. The molecule has 1 aliphatic heterocycles. The number of piperazine rings is 1. The summed E-state index contributed by atoms with van der Waals surface area (Å²) in [7, 11) is -2.32. The molecule has 0 atom stereocenters. The zero-order valence-corrected chi connectivity index (χ0v) is 16.0. The van der Waals surface area contributed by atoms with Gasteiger partial charge in [-0.05, 0) is 55.0 Å². The largest absolute Gasteiger partial charge is 0.465 e. The van der Waals surface area contributed by atoms with E-state index in [4.69, 9.17) is 0 Å². The van der Waals surface area contributed by atoms with E-state index in [2.05, 4.69) is 9.64 Å². The van der Waals surface area contributed by atoms with Gasteiger partial charge in [0, 0.05) is 31.9 Å². The Balaban J connectivity index is 1.69. The van der Waals surface area contributed by atoms with Gasteiger partial charge in [0.15, 0.2) is 0 Å². The van der Waals surface area contributed by atoms with Gasteiger partial charge in [0.05, 0.1) is 17.6 Å². The molecule has 0 N–H and O–H groups in total. The summed E-state index contributed by atoms with van der Waals surface area (Å²) in [5.41, 5.74) is 1.69. The third-order valence-corrected chi connectivity index (χ3v) is 6.55. The van der Waals surface area contributed by atoms with Crippen molar-refractivity contribution in [3.63, 3.8) is 0 Å². The Morgan fingerprint density at radius 3 is 2.22 bits per heavy atom. The third-order valence-electron chi connectivity index (χ3n) is 4.66. The van der Waals surface area contributed by atoms with Crippen LogP contribution in [0.3, 0.4) is 0 Å². The Bertz CT molecular complexity index is 937. The number of methoxy groups -OCH3 is 1. The van der Waals surface area contributed by atoms with Crippen molar-refractivity contribution in [2.45, 2.75) is 11.8 Å². The summed E-state index contributed by atoms with van der Waals surface area (Å²) in [5.74, 6) is -0.818. The molecule has 0 bridgehead atoms. The fraction of sp³-hybridized carbons (Fsp3) is 0.316. The molecule has 0 radical (unpaired) electrons. The van der Waals surface area contributed by atoms with Gasteiger partial charge in [-0.25, -0.2) is 17.6 Å². The van der Waals surface area contributed by atoms with Crippen molar-refractivity contribution in [1.29, 1.82) is 0 Å². The minimum Gasteiger partial charge on any atom is -0.465 e. The highest BCUT2D eigenvalue weighted by molar-refractivity contribution is 7.89. The second-order valence-corrected chi connectivity index (χ2v) is 8.28. The van der Waals surface area contributed by atoms with Gasteiger partial charge in [-0.3, -0.25) is 0 Å². The zero-order valence-electron chi connectivity index (χ0n) is 15.2. The molecule has 27 heavy (non-hydrogen) atoms. The number of ether oxygens (including phenoxy) is 1. The molecular formula is C19H21FN2O4S. The summed E-state index contributed by atoms with van der Waals surface area (Å²) in [6.07, 6.45) is 0. The molecule has 1 saturated heterocycles. The highest BCUT2D eigenvalue weighted by atomic mass is 32.2. The Morgan fingerprint density at radius 2 is 1.67 bits per heavy atom. The standard InChI is InChI=1S/C19H21FN2O4S/c1-14-13-17(7-8-18(14)20)27(24,25)22-11-9-21(10-12-22)16-5-3-15(4-6-16)19(23)26-2/h3-8,13H,9-12H2,1-2H3. The monoisotopic (exact) mass is 392 g/mol. The average molecular weight is 392 g/mol. The highest BCUT2D eigenvalue weighted by Crippen LogP contribution is 2.23. The van der Waals surface area contributed by atoms with Crippen LogP contribution in [0.25, 0.3) is 0 Å².